The number of hydrogen-bond donors (Lipinski definition) is 2. The maximum atomic E-state index is 12.7. The summed E-state index contributed by atoms with van der Waals surface area (Å²) in [4.78, 5) is 54.6. The maximum absolute atomic E-state index is 12.7. The molecule has 216 valence electrons. The number of aromatic nitrogens is 4. The van der Waals surface area contributed by atoms with Gasteiger partial charge in [0.25, 0.3) is 23.3 Å². The fourth-order valence-corrected chi connectivity index (χ4v) is 5.63. The van der Waals surface area contributed by atoms with Crippen molar-refractivity contribution in [3.8, 4) is 22.6 Å². The molecule has 0 saturated carbocycles. The highest BCUT2D eigenvalue weighted by molar-refractivity contribution is 7.18. The van der Waals surface area contributed by atoms with Gasteiger partial charge in [-0.15, -0.1) is 16.4 Å². The second kappa shape index (κ2) is 12.0. The van der Waals surface area contributed by atoms with E-state index in [1.165, 1.54) is 20.9 Å². The molecule has 11 nitrogen and oxygen atoms in total. The lowest BCUT2D eigenvalue weighted by Gasteiger charge is -2.16. The molecule has 2 aromatic carbocycles. The molecule has 0 spiro atoms. The molecular weight excluding hydrogens is 592 g/mol. The molecule has 1 aliphatic heterocycles. The summed E-state index contributed by atoms with van der Waals surface area (Å²) < 4.78 is 8.18. The number of thiophene rings is 1. The number of rotatable bonds is 10. The summed E-state index contributed by atoms with van der Waals surface area (Å²) in [5.74, 6) is -0.505. The van der Waals surface area contributed by atoms with Crippen LogP contribution < -0.4 is 15.6 Å². The second-order valence-electron chi connectivity index (χ2n) is 9.55. The van der Waals surface area contributed by atoms with Crippen LogP contribution in [0.3, 0.4) is 0 Å². The monoisotopic (exact) mass is 614 g/mol. The zero-order valence-electron chi connectivity index (χ0n) is 22.5. The van der Waals surface area contributed by atoms with E-state index in [1.807, 2.05) is 0 Å². The number of carbonyl (C=O) groups is 3. The number of H-pyrrole nitrogens is 1. The molecule has 3 aromatic heterocycles. The third kappa shape index (κ3) is 5.83. The van der Waals surface area contributed by atoms with E-state index >= 15 is 0 Å². The van der Waals surface area contributed by atoms with Crippen molar-refractivity contribution in [3.05, 3.63) is 116 Å². The molecular formula is C30H23ClN6O5S. The number of halogens is 1. The number of amides is 3. The van der Waals surface area contributed by atoms with E-state index in [-0.39, 0.29) is 43.0 Å². The van der Waals surface area contributed by atoms with Gasteiger partial charge in [0.15, 0.2) is 0 Å². The van der Waals surface area contributed by atoms with Crippen LogP contribution in [0.5, 0.6) is 5.75 Å². The van der Waals surface area contributed by atoms with E-state index in [0.29, 0.717) is 55.0 Å². The van der Waals surface area contributed by atoms with Gasteiger partial charge in [-0.25, -0.2) is 4.68 Å². The van der Waals surface area contributed by atoms with E-state index in [9.17, 15) is 19.2 Å². The Morgan fingerprint density at radius 2 is 1.74 bits per heavy atom. The predicted molar refractivity (Wildman–Crippen MR) is 160 cm³/mol. The Morgan fingerprint density at radius 1 is 0.977 bits per heavy atom. The minimum atomic E-state index is -0.323. The predicted octanol–water partition coefficient (Wildman–Crippen LogP) is 4.33. The molecule has 13 heteroatoms. The first-order valence-electron chi connectivity index (χ1n) is 13.2. The first-order valence-corrected chi connectivity index (χ1v) is 14.4. The number of carbonyl (C=O) groups excluding carboxylic acids is 3. The van der Waals surface area contributed by atoms with E-state index in [2.05, 4.69) is 20.6 Å². The smallest absolute Gasteiger partial charge is 0.261 e. The van der Waals surface area contributed by atoms with Crippen LogP contribution >= 0.6 is 22.9 Å². The molecule has 0 fully saturated rings. The standard InChI is InChI=1S/C30H23ClN6O5S/c31-26-11-10-25(43-26)28(39)33-16-19-17-37(35-34-19)23-9-8-18(20-7-3-12-32-27(20)38)15-24(23)42-14-4-13-36-29(40)21-5-1-2-6-22(21)30(36)41/h1-3,5-12,15,17H,4,13-14,16H2,(H,32,38)(H,33,39). The zero-order chi connectivity index (χ0) is 29.9. The largest absolute Gasteiger partial charge is 0.491 e. The van der Waals surface area contributed by atoms with Gasteiger partial charge in [-0.3, -0.25) is 24.1 Å². The fraction of sp³-hybridized carbons (Fsp3) is 0.133. The van der Waals surface area contributed by atoms with Gasteiger partial charge in [-0.05, 0) is 60.5 Å². The van der Waals surface area contributed by atoms with Crippen LogP contribution in [0.15, 0.2) is 83.9 Å². The van der Waals surface area contributed by atoms with Crippen molar-refractivity contribution in [2.45, 2.75) is 13.0 Å². The molecule has 0 saturated heterocycles. The minimum Gasteiger partial charge on any atom is -0.491 e. The summed E-state index contributed by atoms with van der Waals surface area (Å²) in [6.07, 6.45) is 3.60. The van der Waals surface area contributed by atoms with Crippen molar-refractivity contribution in [2.24, 2.45) is 0 Å². The van der Waals surface area contributed by atoms with Gasteiger partial charge in [0.2, 0.25) is 0 Å². The van der Waals surface area contributed by atoms with Crippen molar-refractivity contribution < 1.29 is 19.1 Å². The number of ether oxygens (including phenoxy) is 1. The van der Waals surface area contributed by atoms with Crippen LogP contribution in [0.1, 0.15) is 42.5 Å². The molecule has 0 aliphatic carbocycles. The van der Waals surface area contributed by atoms with Gasteiger partial charge in [0.05, 0.1) is 39.7 Å². The average molecular weight is 615 g/mol. The van der Waals surface area contributed by atoms with Crippen LogP contribution in [0.4, 0.5) is 0 Å². The third-order valence-electron chi connectivity index (χ3n) is 6.77. The van der Waals surface area contributed by atoms with Crippen molar-refractivity contribution in [3.63, 3.8) is 0 Å². The van der Waals surface area contributed by atoms with Crippen LogP contribution in [0.25, 0.3) is 16.8 Å². The number of imide groups is 1. The van der Waals surface area contributed by atoms with Gasteiger partial charge >= 0.3 is 0 Å². The van der Waals surface area contributed by atoms with Gasteiger partial charge in [0.1, 0.15) is 17.1 Å². The Bertz CT molecular complexity index is 1880. The number of fused-ring (bicyclic) bond motifs is 1. The summed E-state index contributed by atoms with van der Waals surface area (Å²) in [5.41, 5.74) is 2.69. The number of nitrogens with zero attached hydrogens (tertiary/aromatic N) is 4. The summed E-state index contributed by atoms with van der Waals surface area (Å²) in [7, 11) is 0. The molecule has 0 radical (unpaired) electrons. The molecule has 0 unspecified atom stereocenters. The van der Waals surface area contributed by atoms with E-state index < -0.39 is 0 Å². The van der Waals surface area contributed by atoms with E-state index in [4.69, 9.17) is 16.3 Å². The quantitative estimate of drug-likeness (QED) is 0.176. The summed E-state index contributed by atoms with van der Waals surface area (Å²) in [6, 6.07) is 18.7. The Morgan fingerprint density at radius 3 is 2.47 bits per heavy atom. The number of aromatic amines is 1. The molecule has 1 aliphatic rings. The highest BCUT2D eigenvalue weighted by atomic mass is 35.5. The van der Waals surface area contributed by atoms with Crippen molar-refractivity contribution in [1.82, 2.24) is 30.2 Å². The summed E-state index contributed by atoms with van der Waals surface area (Å²) in [5, 5.41) is 11.2. The van der Waals surface area contributed by atoms with Crippen molar-refractivity contribution >= 4 is 40.7 Å². The molecule has 0 bridgehead atoms. The highest BCUT2D eigenvalue weighted by Gasteiger charge is 2.34. The van der Waals surface area contributed by atoms with Crippen molar-refractivity contribution in [1.29, 1.82) is 0 Å². The number of hydrogen-bond acceptors (Lipinski definition) is 8. The first kappa shape index (κ1) is 28.1. The highest BCUT2D eigenvalue weighted by Crippen LogP contribution is 2.29. The van der Waals surface area contributed by atoms with Crippen LogP contribution in [0.2, 0.25) is 4.34 Å². The Hall–Kier alpha value is -5.07. The van der Waals surface area contributed by atoms with Crippen LogP contribution in [-0.2, 0) is 6.54 Å². The Kier molecular flexibility index (Phi) is 7.86. The number of pyridine rings is 1. The second-order valence-corrected chi connectivity index (χ2v) is 11.3. The van der Waals surface area contributed by atoms with Gasteiger partial charge < -0.3 is 15.0 Å². The summed E-state index contributed by atoms with van der Waals surface area (Å²) >= 11 is 7.11. The molecule has 5 aromatic rings. The van der Waals surface area contributed by atoms with Crippen LogP contribution in [-0.4, -0.2) is 55.8 Å². The topological polar surface area (TPSA) is 139 Å². The Labute approximate surface area is 253 Å². The van der Waals surface area contributed by atoms with Gasteiger partial charge in [-0.1, -0.05) is 35.0 Å². The lowest BCUT2D eigenvalue weighted by atomic mass is 10.1. The van der Waals surface area contributed by atoms with Gasteiger partial charge in [0, 0.05) is 18.3 Å². The van der Waals surface area contributed by atoms with Crippen molar-refractivity contribution in [2.75, 3.05) is 13.2 Å². The number of benzene rings is 2. The molecule has 2 N–H and O–H groups in total. The van der Waals surface area contributed by atoms with Crippen LogP contribution in [0, 0.1) is 0 Å². The van der Waals surface area contributed by atoms with Gasteiger partial charge in [-0.2, -0.15) is 0 Å². The fourth-order valence-electron chi connectivity index (χ4n) is 4.67. The SMILES string of the molecule is O=C(NCc1cn(-c2ccc(-c3ccc[nH]c3=O)cc2OCCCN2C(=O)c3ccccc3C2=O)nn1)c1ccc(Cl)s1. The molecule has 6 rings (SSSR count). The Balaban J connectivity index is 1.18. The number of nitrogens with one attached hydrogen (secondary N) is 2. The average Bonchev–Trinajstić information content (AvgIpc) is 3.73. The summed E-state index contributed by atoms with van der Waals surface area (Å²) in [6.45, 7) is 0.501. The normalized spacial score (nSPS) is 12.4. The van der Waals surface area contributed by atoms with E-state index in [1.54, 1.807) is 79.1 Å². The lowest BCUT2D eigenvalue weighted by Crippen LogP contribution is -2.31. The maximum Gasteiger partial charge on any atom is 0.261 e. The molecule has 3 amide bonds. The first-order chi connectivity index (χ1) is 20.9. The van der Waals surface area contributed by atoms with E-state index in [0.717, 1.165) is 0 Å². The lowest BCUT2D eigenvalue weighted by molar-refractivity contribution is 0.0646. The third-order valence-corrected chi connectivity index (χ3v) is 8.00. The zero-order valence-corrected chi connectivity index (χ0v) is 24.0. The molecule has 0 atom stereocenters. The minimum absolute atomic E-state index is 0.141. The molecule has 43 heavy (non-hydrogen) atoms. The molecule has 4 heterocycles.